The van der Waals surface area contributed by atoms with Crippen LogP contribution in [0.1, 0.15) is 41.4 Å². The summed E-state index contributed by atoms with van der Waals surface area (Å²) in [6.07, 6.45) is 3.18. The molecule has 1 aliphatic heterocycles. The highest BCUT2D eigenvalue weighted by Crippen LogP contribution is 2.24. The Kier molecular flexibility index (Phi) is 7.98. The number of amides is 2. The van der Waals surface area contributed by atoms with Crippen molar-refractivity contribution in [2.75, 3.05) is 24.6 Å². The summed E-state index contributed by atoms with van der Waals surface area (Å²) in [6.45, 7) is 3.51. The van der Waals surface area contributed by atoms with Gasteiger partial charge in [0.25, 0.3) is 5.91 Å². The van der Waals surface area contributed by atoms with Gasteiger partial charge in [0.15, 0.2) is 5.76 Å². The predicted molar refractivity (Wildman–Crippen MR) is 132 cm³/mol. The second kappa shape index (κ2) is 11.5. The molecule has 7 heteroatoms. The summed E-state index contributed by atoms with van der Waals surface area (Å²) in [5.41, 5.74) is 2.46. The minimum Gasteiger partial charge on any atom is -0.466 e. The van der Waals surface area contributed by atoms with Gasteiger partial charge in [-0.05, 0) is 55.2 Å². The van der Waals surface area contributed by atoms with E-state index >= 15 is 0 Å². The van der Waals surface area contributed by atoms with Crippen molar-refractivity contribution in [2.24, 2.45) is 5.92 Å². The fourth-order valence-electron chi connectivity index (χ4n) is 4.36. The van der Waals surface area contributed by atoms with Gasteiger partial charge in [0.05, 0.1) is 31.8 Å². The Morgan fingerprint density at radius 3 is 2.57 bits per heavy atom. The van der Waals surface area contributed by atoms with Crippen LogP contribution in [-0.2, 0) is 27.3 Å². The van der Waals surface area contributed by atoms with E-state index in [-0.39, 0.29) is 35.9 Å². The molecule has 1 unspecified atom stereocenters. The summed E-state index contributed by atoms with van der Waals surface area (Å²) in [5.74, 6) is -0.550. The average Bonchev–Trinajstić information content (AvgIpc) is 3.43. The summed E-state index contributed by atoms with van der Waals surface area (Å²) < 4.78 is 10.5. The monoisotopic (exact) mass is 474 g/mol. The first kappa shape index (κ1) is 24.3. The molecule has 7 nitrogen and oxygen atoms in total. The van der Waals surface area contributed by atoms with Crippen LogP contribution in [0.5, 0.6) is 0 Å². The minimum absolute atomic E-state index is 0.0388. The quantitative estimate of drug-likeness (QED) is 0.450. The van der Waals surface area contributed by atoms with Crippen LogP contribution in [0.4, 0.5) is 5.69 Å². The van der Waals surface area contributed by atoms with Gasteiger partial charge in [0, 0.05) is 18.8 Å². The first-order valence-corrected chi connectivity index (χ1v) is 12.0. The highest BCUT2D eigenvalue weighted by Gasteiger charge is 2.29. The molecule has 1 fully saturated rings. The molecule has 0 bridgehead atoms. The molecule has 1 aromatic heterocycles. The van der Waals surface area contributed by atoms with E-state index in [0.717, 1.165) is 24.0 Å². The number of anilines is 1. The summed E-state index contributed by atoms with van der Waals surface area (Å²) in [5, 5.41) is 0. The van der Waals surface area contributed by atoms with Gasteiger partial charge in [-0.3, -0.25) is 14.4 Å². The molecule has 0 N–H and O–H groups in total. The van der Waals surface area contributed by atoms with E-state index < -0.39 is 0 Å². The van der Waals surface area contributed by atoms with Gasteiger partial charge < -0.3 is 19.0 Å². The lowest BCUT2D eigenvalue weighted by Crippen LogP contribution is -2.43. The summed E-state index contributed by atoms with van der Waals surface area (Å²) >= 11 is 0. The van der Waals surface area contributed by atoms with Crippen molar-refractivity contribution < 1.29 is 23.5 Å². The molecule has 0 saturated carbocycles. The van der Waals surface area contributed by atoms with Crippen molar-refractivity contribution in [1.29, 1.82) is 0 Å². The van der Waals surface area contributed by atoms with E-state index in [4.69, 9.17) is 9.15 Å². The van der Waals surface area contributed by atoms with Gasteiger partial charge in [0.1, 0.15) is 0 Å². The second-order valence-corrected chi connectivity index (χ2v) is 8.63. The number of hydrogen-bond acceptors (Lipinski definition) is 5. The number of hydrogen-bond donors (Lipinski definition) is 0. The van der Waals surface area contributed by atoms with Crippen LogP contribution < -0.4 is 4.90 Å². The fourth-order valence-corrected chi connectivity index (χ4v) is 4.36. The number of esters is 1. The van der Waals surface area contributed by atoms with Gasteiger partial charge in [-0.2, -0.15) is 0 Å². The lowest BCUT2D eigenvalue weighted by Gasteiger charge is -2.31. The number of piperidine rings is 1. The SMILES string of the molecule is CCOC(=O)C1CCCN(C(=O)Cc2cccc(N(Cc3ccccc3)C(=O)c3ccco3)c2)C1. The molecule has 2 heterocycles. The molecule has 0 aliphatic carbocycles. The van der Waals surface area contributed by atoms with Gasteiger partial charge >= 0.3 is 5.97 Å². The second-order valence-electron chi connectivity index (χ2n) is 8.63. The Labute approximate surface area is 205 Å². The van der Waals surface area contributed by atoms with Crippen LogP contribution in [0, 0.1) is 5.92 Å². The van der Waals surface area contributed by atoms with Crippen molar-refractivity contribution in [3.63, 3.8) is 0 Å². The highest BCUT2D eigenvalue weighted by molar-refractivity contribution is 6.04. The molecule has 2 amide bonds. The fraction of sp³-hybridized carbons (Fsp3) is 0.321. The van der Waals surface area contributed by atoms with Crippen molar-refractivity contribution in [1.82, 2.24) is 4.90 Å². The first-order valence-electron chi connectivity index (χ1n) is 12.0. The third kappa shape index (κ3) is 6.18. The maximum Gasteiger partial charge on any atom is 0.310 e. The van der Waals surface area contributed by atoms with Gasteiger partial charge in [-0.15, -0.1) is 0 Å². The third-order valence-electron chi connectivity index (χ3n) is 6.13. The maximum atomic E-state index is 13.3. The smallest absolute Gasteiger partial charge is 0.310 e. The molecule has 2 aromatic carbocycles. The van der Waals surface area contributed by atoms with Crippen LogP contribution in [-0.4, -0.2) is 42.4 Å². The normalized spacial score (nSPS) is 15.5. The molecule has 0 spiro atoms. The lowest BCUT2D eigenvalue weighted by molar-refractivity contribution is -0.151. The summed E-state index contributed by atoms with van der Waals surface area (Å²) in [4.78, 5) is 41.9. The molecule has 0 radical (unpaired) electrons. The van der Waals surface area contributed by atoms with Crippen LogP contribution in [0.15, 0.2) is 77.4 Å². The number of rotatable bonds is 8. The van der Waals surface area contributed by atoms with Crippen LogP contribution >= 0.6 is 0 Å². The van der Waals surface area contributed by atoms with Crippen molar-refractivity contribution >= 4 is 23.5 Å². The van der Waals surface area contributed by atoms with E-state index in [2.05, 4.69) is 0 Å². The predicted octanol–water partition coefficient (Wildman–Crippen LogP) is 4.47. The minimum atomic E-state index is -0.272. The number of carbonyl (C=O) groups excluding carboxylic acids is 3. The summed E-state index contributed by atoms with van der Waals surface area (Å²) in [7, 11) is 0. The number of benzene rings is 2. The van der Waals surface area contributed by atoms with Crippen molar-refractivity contribution in [3.05, 3.63) is 89.9 Å². The largest absolute Gasteiger partial charge is 0.466 e. The molecule has 3 aromatic rings. The maximum absolute atomic E-state index is 13.3. The molecule has 35 heavy (non-hydrogen) atoms. The van der Waals surface area contributed by atoms with Gasteiger partial charge in [-0.1, -0.05) is 42.5 Å². The number of furan rings is 1. The molecule has 4 rings (SSSR count). The lowest BCUT2D eigenvalue weighted by atomic mass is 9.97. The summed E-state index contributed by atoms with van der Waals surface area (Å²) in [6, 6.07) is 20.5. The molecule has 1 atom stereocenters. The van der Waals surface area contributed by atoms with E-state index in [1.54, 1.807) is 28.9 Å². The highest BCUT2D eigenvalue weighted by atomic mass is 16.5. The Morgan fingerprint density at radius 1 is 1.03 bits per heavy atom. The Balaban J connectivity index is 1.51. The zero-order valence-corrected chi connectivity index (χ0v) is 19.9. The zero-order valence-electron chi connectivity index (χ0n) is 19.9. The van der Waals surface area contributed by atoms with E-state index in [1.165, 1.54) is 6.26 Å². The Hall–Kier alpha value is -3.87. The molecule has 1 saturated heterocycles. The standard InChI is InChI=1S/C28H30N2O5/c1-2-34-28(33)23-12-7-15-29(20-23)26(31)18-22-11-6-13-24(17-22)30(19-21-9-4-3-5-10-21)27(32)25-14-8-16-35-25/h3-6,8-11,13-14,16-17,23H,2,7,12,15,18-20H2,1H3. The average molecular weight is 475 g/mol. The zero-order chi connectivity index (χ0) is 24.6. The Morgan fingerprint density at radius 2 is 1.83 bits per heavy atom. The molecule has 1 aliphatic rings. The van der Waals surface area contributed by atoms with Gasteiger partial charge in [0.2, 0.25) is 5.91 Å². The third-order valence-corrected chi connectivity index (χ3v) is 6.13. The topological polar surface area (TPSA) is 80.1 Å². The van der Waals surface area contributed by atoms with Crippen LogP contribution in [0.25, 0.3) is 0 Å². The van der Waals surface area contributed by atoms with Crippen molar-refractivity contribution in [2.45, 2.75) is 32.7 Å². The van der Waals surface area contributed by atoms with Crippen LogP contribution in [0.3, 0.4) is 0 Å². The Bertz CT molecular complexity index is 1140. The molecule has 182 valence electrons. The number of ether oxygens (including phenoxy) is 1. The van der Waals surface area contributed by atoms with E-state index in [0.29, 0.717) is 31.9 Å². The molecular weight excluding hydrogens is 444 g/mol. The van der Waals surface area contributed by atoms with Gasteiger partial charge in [-0.25, -0.2) is 0 Å². The van der Waals surface area contributed by atoms with E-state index in [1.807, 2.05) is 54.6 Å². The number of likely N-dealkylation sites (tertiary alicyclic amines) is 1. The van der Waals surface area contributed by atoms with E-state index in [9.17, 15) is 14.4 Å². The van der Waals surface area contributed by atoms with Crippen molar-refractivity contribution in [3.8, 4) is 0 Å². The number of nitrogens with zero attached hydrogens (tertiary/aromatic N) is 2. The first-order chi connectivity index (χ1) is 17.0. The van der Waals surface area contributed by atoms with Crippen LogP contribution in [0.2, 0.25) is 0 Å². The molecular formula is C28H30N2O5. The number of carbonyl (C=O) groups is 3.